The molecule has 1 aliphatic heterocycles. The van der Waals surface area contributed by atoms with E-state index in [-0.39, 0.29) is 10.6 Å². The van der Waals surface area contributed by atoms with Crippen molar-refractivity contribution in [1.82, 2.24) is 10.6 Å². The van der Waals surface area contributed by atoms with Gasteiger partial charge in [-0.05, 0) is 24.8 Å². The van der Waals surface area contributed by atoms with Gasteiger partial charge in [0, 0.05) is 37.2 Å². The molecule has 7 nitrogen and oxygen atoms in total. The molecule has 0 bridgehead atoms. The Morgan fingerprint density at radius 2 is 2.00 bits per heavy atom. The average Bonchev–Trinajstić information content (AvgIpc) is 3.31. The zero-order chi connectivity index (χ0) is 17.5. The Hall–Kier alpha value is -2.15. The number of nitro benzene ring substituents is 1. The van der Waals surface area contributed by atoms with Crippen molar-refractivity contribution in [3.05, 3.63) is 39.9 Å². The zero-order valence-electron chi connectivity index (χ0n) is 14.4. The van der Waals surface area contributed by atoms with Crippen molar-refractivity contribution in [2.75, 3.05) is 19.8 Å². The number of guanidine groups is 1. The van der Waals surface area contributed by atoms with Crippen LogP contribution in [0.15, 0.2) is 29.3 Å². The van der Waals surface area contributed by atoms with E-state index in [1.54, 1.807) is 12.1 Å². The Morgan fingerprint density at radius 1 is 1.24 bits per heavy atom. The molecule has 0 aromatic heterocycles. The standard InChI is InChI=1S/C18H26N4O3/c23-22(24)17-7-5-14(6-8-17)11-19-18(21-16-3-1-2-4-16)20-12-15-9-10-25-13-15/h5-8,15-16H,1-4,9-13H2,(H2,19,20,21). The molecule has 1 aromatic carbocycles. The molecule has 1 atom stereocenters. The summed E-state index contributed by atoms with van der Waals surface area (Å²) in [6, 6.07) is 7.07. The molecular weight excluding hydrogens is 320 g/mol. The van der Waals surface area contributed by atoms with E-state index in [0.717, 1.165) is 37.7 Å². The molecule has 1 heterocycles. The van der Waals surface area contributed by atoms with Gasteiger partial charge in [0.2, 0.25) is 0 Å². The van der Waals surface area contributed by atoms with Crippen LogP contribution < -0.4 is 10.6 Å². The van der Waals surface area contributed by atoms with Gasteiger partial charge >= 0.3 is 0 Å². The first-order chi connectivity index (χ1) is 12.2. The summed E-state index contributed by atoms with van der Waals surface area (Å²) >= 11 is 0. The number of hydrogen-bond acceptors (Lipinski definition) is 4. The fraction of sp³-hybridized carbons (Fsp3) is 0.611. The SMILES string of the molecule is O=[N+]([O-])c1ccc(CN=C(NCC2CCOC2)NC2CCCC2)cc1. The number of rotatable bonds is 6. The topological polar surface area (TPSA) is 88.8 Å². The smallest absolute Gasteiger partial charge is 0.269 e. The Labute approximate surface area is 148 Å². The van der Waals surface area contributed by atoms with E-state index in [4.69, 9.17) is 4.74 Å². The van der Waals surface area contributed by atoms with Crippen molar-refractivity contribution >= 4 is 11.6 Å². The van der Waals surface area contributed by atoms with Crippen molar-refractivity contribution in [3.8, 4) is 0 Å². The second kappa shape index (κ2) is 8.80. The first-order valence-corrected chi connectivity index (χ1v) is 9.06. The van der Waals surface area contributed by atoms with Gasteiger partial charge in [-0.1, -0.05) is 25.0 Å². The summed E-state index contributed by atoms with van der Waals surface area (Å²) in [5.41, 5.74) is 1.07. The van der Waals surface area contributed by atoms with Crippen LogP contribution >= 0.6 is 0 Å². The molecule has 0 radical (unpaired) electrons. The van der Waals surface area contributed by atoms with Crippen LogP contribution in [0.4, 0.5) is 5.69 Å². The van der Waals surface area contributed by atoms with Crippen LogP contribution in [0.1, 0.15) is 37.7 Å². The molecule has 1 aliphatic carbocycles. The molecule has 1 saturated carbocycles. The van der Waals surface area contributed by atoms with E-state index in [1.165, 1.54) is 37.8 Å². The lowest BCUT2D eigenvalue weighted by molar-refractivity contribution is -0.384. The van der Waals surface area contributed by atoms with Crippen molar-refractivity contribution in [2.45, 2.75) is 44.7 Å². The van der Waals surface area contributed by atoms with Crippen molar-refractivity contribution in [2.24, 2.45) is 10.9 Å². The molecule has 1 unspecified atom stereocenters. The minimum atomic E-state index is -0.384. The largest absolute Gasteiger partial charge is 0.381 e. The first-order valence-electron chi connectivity index (χ1n) is 9.06. The summed E-state index contributed by atoms with van der Waals surface area (Å²) in [6.07, 6.45) is 6.00. The lowest BCUT2D eigenvalue weighted by atomic mass is 10.1. The van der Waals surface area contributed by atoms with Gasteiger partial charge in [-0.25, -0.2) is 4.99 Å². The molecule has 136 valence electrons. The van der Waals surface area contributed by atoms with Crippen LogP contribution in [0.2, 0.25) is 0 Å². The summed E-state index contributed by atoms with van der Waals surface area (Å²) in [5.74, 6) is 1.37. The number of ether oxygens (including phenoxy) is 1. The molecule has 2 N–H and O–H groups in total. The van der Waals surface area contributed by atoms with Crippen molar-refractivity contribution in [1.29, 1.82) is 0 Å². The van der Waals surface area contributed by atoms with Crippen LogP contribution in [0.3, 0.4) is 0 Å². The number of nitrogens with zero attached hydrogens (tertiary/aromatic N) is 2. The Balaban J connectivity index is 1.59. The van der Waals surface area contributed by atoms with Gasteiger partial charge in [-0.2, -0.15) is 0 Å². The zero-order valence-corrected chi connectivity index (χ0v) is 14.4. The second-order valence-corrected chi connectivity index (χ2v) is 6.82. The predicted molar refractivity (Wildman–Crippen MR) is 96.6 cm³/mol. The van der Waals surface area contributed by atoms with E-state index < -0.39 is 0 Å². The Kier molecular flexibility index (Phi) is 6.22. The van der Waals surface area contributed by atoms with E-state index in [2.05, 4.69) is 15.6 Å². The molecule has 2 fully saturated rings. The average molecular weight is 346 g/mol. The predicted octanol–water partition coefficient (Wildman–Crippen LogP) is 2.61. The number of non-ortho nitro benzene ring substituents is 1. The Morgan fingerprint density at radius 3 is 2.64 bits per heavy atom. The summed E-state index contributed by atoms with van der Waals surface area (Å²) < 4.78 is 5.43. The third-order valence-corrected chi connectivity index (χ3v) is 4.85. The van der Waals surface area contributed by atoms with Gasteiger partial charge in [-0.15, -0.1) is 0 Å². The summed E-state index contributed by atoms with van der Waals surface area (Å²) in [7, 11) is 0. The first kappa shape index (κ1) is 17.7. The van der Waals surface area contributed by atoms with Crippen LogP contribution in [0.25, 0.3) is 0 Å². The highest BCUT2D eigenvalue weighted by Crippen LogP contribution is 2.18. The van der Waals surface area contributed by atoms with Crippen LogP contribution in [-0.2, 0) is 11.3 Å². The van der Waals surface area contributed by atoms with E-state index in [1.807, 2.05) is 0 Å². The van der Waals surface area contributed by atoms with E-state index in [0.29, 0.717) is 18.5 Å². The van der Waals surface area contributed by atoms with Gasteiger partial charge < -0.3 is 15.4 Å². The second-order valence-electron chi connectivity index (χ2n) is 6.82. The molecule has 3 rings (SSSR count). The molecular formula is C18H26N4O3. The fourth-order valence-corrected chi connectivity index (χ4v) is 3.29. The number of aliphatic imine (C=N–C) groups is 1. The molecule has 0 amide bonds. The molecule has 1 aromatic rings. The number of nitro groups is 1. The highest BCUT2D eigenvalue weighted by molar-refractivity contribution is 5.80. The minimum absolute atomic E-state index is 0.108. The van der Waals surface area contributed by atoms with E-state index >= 15 is 0 Å². The molecule has 25 heavy (non-hydrogen) atoms. The van der Waals surface area contributed by atoms with Crippen LogP contribution in [0, 0.1) is 16.0 Å². The van der Waals surface area contributed by atoms with Crippen LogP contribution in [-0.4, -0.2) is 36.7 Å². The maximum atomic E-state index is 10.7. The third-order valence-electron chi connectivity index (χ3n) is 4.85. The van der Waals surface area contributed by atoms with Gasteiger partial charge in [0.15, 0.2) is 5.96 Å². The molecule has 1 saturated heterocycles. The third kappa shape index (κ3) is 5.42. The highest BCUT2D eigenvalue weighted by atomic mass is 16.6. The molecule has 7 heteroatoms. The lowest BCUT2D eigenvalue weighted by Crippen LogP contribution is -2.44. The Bertz CT molecular complexity index is 591. The highest BCUT2D eigenvalue weighted by Gasteiger charge is 2.19. The normalized spacial score (nSPS) is 21.4. The van der Waals surface area contributed by atoms with Gasteiger partial charge in [0.05, 0.1) is 18.1 Å². The van der Waals surface area contributed by atoms with E-state index in [9.17, 15) is 10.1 Å². The lowest BCUT2D eigenvalue weighted by Gasteiger charge is -2.19. The quantitative estimate of drug-likeness (QED) is 0.358. The minimum Gasteiger partial charge on any atom is -0.381 e. The van der Waals surface area contributed by atoms with Gasteiger partial charge in [0.25, 0.3) is 5.69 Å². The summed E-state index contributed by atoms with van der Waals surface area (Å²) in [6.45, 7) is 3.02. The summed E-state index contributed by atoms with van der Waals surface area (Å²) in [4.78, 5) is 15.0. The molecule has 2 aliphatic rings. The fourth-order valence-electron chi connectivity index (χ4n) is 3.29. The number of benzene rings is 1. The number of nitrogens with one attached hydrogen (secondary N) is 2. The maximum Gasteiger partial charge on any atom is 0.269 e. The van der Waals surface area contributed by atoms with Crippen LogP contribution in [0.5, 0.6) is 0 Å². The summed E-state index contributed by atoms with van der Waals surface area (Å²) in [5, 5.41) is 17.7. The monoisotopic (exact) mass is 346 g/mol. The van der Waals surface area contributed by atoms with Gasteiger partial charge in [0.1, 0.15) is 0 Å². The van der Waals surface area contributed by atoms with Gasteiger partial charge in [-0.3, -0.25) is 10.1 Å². The maximum absolute atomic E-state index is 10.7. The molecule has 0 spiro atoms. The number of hydrogen-bond donors (Lipinski definition) is 2. The van der Waals surface area contributed by atoms with Crippen molar-refractivity contribution in [3.63, 3.8) is 0 Å². The van der Waals surface area contributed by atoms with Crippen molar-refractivity contribution < 1.29 is 9.66 Å².